The highest BCUT2D eigenvalue weighted by Gasteiger charge is 2.64. The monoisotopic (exact) mass is 460 g/mol. The Bertz CT molecular complexity index is 759. The molecule has 0 bridgehead atoms. The molecule has 0 amide bonds. The molecule has 4 heteroatoms. The van der Waals surface area contributed by atoms with Gasteiger partial charge in [0.1, 0.15) is 6.10 Å². The Labute approximate surface area is 201 Å². The Kier molecular flexibility index (Phi) is 6.86. The van der Waals surface area contributed by atoms with Crippen LogP contribution in [0.1, 0.15) is 105 Å². The smallest absolute Gasteiger partial charge is 0.302 e. The Hall–Kier alpha value is -0.870. The van der Waals surface area contributed by atoms with Gasteiger partial charge in [-0.25, -0.2) is 0 Å². The molecular weight excluding hydrogens is 412 g/mol. The van der Waals surface area contributed by atoms with Crippen LogP contribution in [0.2, 0.25) is 0 Å². The van der Waals surface area contributed by atoms with E-state index in [0.29, 0.717) is 23.7 Å². The third kappa shape index (κ3) is 4.44. The number of carbonyl (C=O) groups excluding carboxylic acids is 1. The van der Waals surface area contributed by atoms with Crippen molar-refractivity contribution in [2.75, 3.05) is 0 Å². The molecule has 4 aliphatic carbocycles. The molecule has 0 spiro atoms. The van der Waals surface area contributed by atoms with Crippen LogP contribution >= 0.6 is 0 Å². The molecule has 4 nitrogen and oxygen atoms in total. The summed E-state index contributed by atoms with van der Waals surface area (Å²) in [4.78, 5) is 12.0. The second-order valence-corrected chi connectivity index (χ2v) is 13.1. The SMILES string of the molecule is C=C(C)CCC[C@](C)(O)C1CCC2C3C[C@H](OC(C)=O)C4C[C@@H](O)CC[C@]4(C)C3CC[C@@]21C. The fourth-order valence-corrected chi connectivity index (χ4v) is 9.53. The first-order chi connectivity index (χ1) is 15.4. The van der Waals surface area contributed by atoms with Crippen LogP contribution < -0.4 is 0 Å². The zero-order valence-electron chi connectivity index (χ0n) is 21.7. The van der Waals surface area contributed by atoms with Crippen LogP contribution in [0.3, 0.4) is 0 Å². The van der Waals surface area contributed by atoms with E-state index in [0.717, 1.165) is 51.4 Å². The van der Waals surface area contributed by atoms with Gasteiger partial charge in [-0.2, -0.15) is 0 Å². The lowest BCUT2D eigenvalue weighted by atomic mass is 9.43. The van der Waals surface area contributed by atoms with Crippen molar-refractivity contribution < 1.29 is 19.7 Å². The standard InChI is InChI=1S/C29H48O4/c1-18(2)8-7-13-29(6,32)26-10-9-22-21-17-25(33-19(3)30)24-16-20(31)11-14-27(24,4)23(21)12-15-28(22,26)5/h20-26,31-32H,1,7-17H2,2-6H3/t20-,21?,22?,23?,24?,25-,26?,27+,28-,29-/m0/s1. The lowest BCUT2D eigenvalue weighted by molar-refractivity contribution is -0.195. The summed E-state index contributed by atoms with van der Waals surface area (Å²) >= 11 is 0. The first kappa shape index (κ1) is 25.2. The first-order valence-electron chi connectivity index (χ1n) is 13.6. The third-order valence-corrected chi connectivity index (χ3v) is 11.0. The third-order valence-electron chi connectivity index (χ3n) is 11.0. The summed E-state index contributed by atoms with van der Waals surface area (Å²) in [6, 6.07) is 0. The van der Waals surface area contributed by atoms with Gasteiger partial charge in [-0.3, -0.25) is 4.79 Å². The second-order valence-electron chi connectivity index (χ2n) is 13.1. The van der Waals surface area contributed by atoms with E-state index in [4.69, 9.17) is 4.74 Å². The van der Waals surface area contributed by atoms with Gasteiger partial charge in [-0.05, 0) is 119 Å². The molecule has 4 rings (SSSR count). The van der Waals surface area contributed by atoms with Crippen LogP contribution in [0.5, 0.6) is 0 Å². The number of carbonyl (C=O) groups is 1. The number of esters is 1. The van der Waals surface area contributed by atoms with Crippen molar-refractivity contribution >= 4 is 5.97 Å². The van der Waals surface area contributed by atoms with E-state index in [-0.39, 0.29) is 34.9 Å². The molecule has 188 valence electrons. The summed E-state index contributed by atoms with van der Waals surface area (Å²) in [7, 11) is 0. The van der Waals surface area contributed by atoms with Crippen LogP contribution in [0.25, 0.3) is 0 Å². The Morgan fingerprint density at radius 2 is 1.70 bits per heavy atom. The van der Waals surface area contributed by atoms with Gasteiger partial charge in [0.05, 0.1) is 11.7 Å². The van der Waals surface area contributed by atoms with E-state index < -0.39 is 5.60 Å². The molecule has 4 saturated carbocycles. The van der Waals surface area contributed by atoms with Crippen LogP contribution in [0, 0.1) is 40.4 Å². The van der Waals surface area contributed by atoms with Crippen LogP contribution in [-0.2, 0) is 9.53 Å². The maximum absolute atomic E-state index is 12.0. The molecule has 4 aliphatic rings. The number of hydrogen-bond donors (Lipinski definition) is 2. The molecule has 0 aromatic heterocycles. The van der Waals surface area contributed by atoms with Crippen molar-refractivity contribution in [3.8, 4) is 0 Å². The molecule has 0 aliphatic heterocycles. The average Bonchev–Trinajstić information content (AvgIpc) is 3.07. The fraction of sp³-hybridized carbons (Fsp3) is 0.897. The minimum atomic E-state index is -0.642. The van der Waals surface area contributed by atoms with E-state index >= 15 is 0 Å². The summed E-state index contributed by atoms with van der Waals surface area (Å²) in [5, 5.41) is 22.1. The number of hydrogen-bond acceptors (Lipinski definition) is 4. The molecule has 0 heterocycles. The van der Waals surface area contributed by atoms with Gasteiger partial charge >= 0.3 is 5.97 Å². The fourth-order valence-electron chi connectivity index (χ4n) is 9.53. The van der Waals surface area contributed by atoms with E-state index in [9.17, 15) is 15.0 Å². The van der Waals surface area contributed by atoms with Crippen molar-refractivity contribution in [1.29, 1.82) is 0 Å². The zero-order chi connectivity index (χ0) is 24.2. The van der Waals surface area contributed by atoms with Crippen molar-refractivity contribution in [2.45, 2.75) is 123 Å². The van der Waals surface area contributed by atoms with Gasteiger partial charge in [-0.1, -0.05) is 19.4 Å². The molecule has 10 atom stereocenters. The average molecular weight is 461 g/mol. The van der Waals surface area contributed by atoms with Gasteiger partial charge in [0, 0.05) is 12.8 Å². The maximum Gasteiger partial charge on any atom is 0.302 e. The summed E-state index contributed by atoms with van der Waals surface area (Å²) in [6.07, 6.45) is 10.7. The summed E-state index contributed by atoms with van der Waals surface area (Å²) in [6.45, 7) is 14.6. The van der Waals surface area contributed by atoms with E-state index in [1.807, 2.05) is 0 Å². The summed E-state index contributed by atoms with van der Waals surface area (Å²) in [5.74, 6) is 2.15. The molecule has 0 aromatic rings. The van der Waals surface area contributed by atoms with Crippen LogP contribution in [0.15, 0.2) is 12.2 Å². The molecule has 0 aromatic carbocycles. The Morgan fingerprint density at radius 1 is 1.03 bits per heavy atom. The van der Waals surface area contributed by atoms with Gasteiger partial charge in [0.25, 0.3) is 0 Å². The van der Waals surface area contributed by atoms with E-state index in [1.165, 1.54) is 31.8 Å². The first-order valence-corrected chi connectivity index (χ1v) is 13.6. The number of aliphatic hydroxyl groups excluding tert-OH is 1. The summed E-state index contributed by atoms with van der Waals surface area (Å²) < 4.78 is 5.97. The minimum Gasteiger partial charge on any atom is -0.462 e. The topological polar surface area (TPSA) is 66.8 Å². The molecule has 0 radical (unpaired) electrons. The van der Waals surface area contributed by atoms with Crippen molar-refractivity contribution in [2.24, 2.45) is 40.4 Å². The van der Waals surface area contributed by atoms with Gasteiger partial charge in [0.15, 0.2) is 0 Å². The van der Waals surface area contributed by atoms with E-state index in [1.54, 1.807) is 0 Å². The van der Waals surface area contributed by atoms with Crippen LogP contribution in [0.4, 0.5) is 0 Å². The van der Waals surface area contributed by atoms with Crippen molar-refractivity contribution in [3.63, 3.8) is 0 Å². The molecular formula is C29H48O4. The molecule has 4 fully saturated rings. The molecule has 0 saturated heterocycles. The van der Waals surface area contributed by atoms with Crippen molar-refractivity contribution in [3.05, 3.63) is 12.2 Å². The number of fused-ring (bicyclic) bond motifs is 5. The number of aliphatic hydroxyl groups is 2. The van der Waals surface area contributed by atoms with E-state index in [2.05, 4.69) is 34.3 Å². The van der Waals surface area contributed by atoms with Crippen LogP contribution in [-0.4, -0.2) is 34.0 Å². The van der Waals surface area contributed by atoms with Gasteiger partial charge in [0.2, 0.25) is 0 Å². The van der Waals surface area contributed by atoms with Gasteiger partial charge in [-0.15, -0.1) is 6.58 Å². The van der Waals surface area contributed by atoms with Crippen molar-refractivity contribution in [1.82, 2.24) is 0 Å². The molecule has 5 unspecified atom stereocenters. The largest absolute Gasteiger partial charge is 0.462 e. The predicted octanol–water partition coefficient (Wildman–Crippen LogP) is 6.05. The molecule has 2 N–H and O–H groups in total. The minimum absolute atomic E-state index is 0.0822. The zero-order valence-corrected chi connectivity index (χ0v) is 21.7. The highest BCUT2D eigenvalue weighted by atomic mass is 16.5. The molecule has 33 heavy (non-hydrogen) atoms. The predicted molar refractivity (Wildman–Crippen MR) is 131 cm³/mol. The number of rotatable bonds is 6. The number of allylic oxidation sites excluding steroid dienone is 1. The quantitative estimate of drug-likeness (QED) is 0.374. The Balaban J connectivity index is 1.58. The summed E-state index contributed by atoms with van der Waals surface area (Å²) in [5.41, 5.74) is 0.829. The lowest BCUT2D eigenvalue weighted by Gasteiger charge is -2.62. The maximum atomic E-state index is 12.0. The highest BCUT2D eigenvalue weighted by Crippen LogP contribution is 2.69. The Morgan fingerprint density at radius 3 is 2.36 bits per heavy atom. The highest BCUT2D eigenvalue weighted by molar-refractivity contribution is 5.66. The lowest BCUT2D eigenvalue weighted by Crippen LogP contribution is -2.59. The van der Waals surface area contributed by atoms with Gasteiger partial charge < -0.3 is 14.9 Å². The second kappa shape index (κ2) is 8.97. The normalized spacial score (nSPS) is 46.5. The number of ether oxygens (including phenoxy) is 1.